The molecule has 3 heterocycles. The molecule has 2 aliphatic rings. The molecule has 7 nitrogen and oxygen atoms in total. The Hall–Kier alpha value is -2.22. The number of aromatic nitrogens is 2. The van der Waals surface area contributed by atoms with Gasteiger partial charge < -0.3 is 14.6 Å². The molecule has 4 rings (SSSR count). The van der Waals surface area contributed by atoms with Crippen LogP contribution in [0.15, 0.2) is 46.1 Å². The first-order chi connectivity index (χ1) is 10.6. The average molecular weight is 302 g/mol. The normalized spacial score (nSPS) is 29.9. The van der Waals surface area contributed by atoms with Gasteiger partial charge in [0.25, 0.3) is 5.56 Å². The third-order valence-corrected chi connectivity index (χ3v) is 4.13. The van der Waals surface area contributed by atoms with E-state index in [1.807, 2.05) is 24.3 Å². The van der Waals surface area contributed by atoms with Crippen molar-refractivity contribution in [2.45, 2.75) is 31.1 Å². The van der Waals surface area contributed by atoms with Gasteiger partial charge in [-0.3, -0.25) is 14.3 Å². The van der Waals surface area contributed by atoms with Crippen LogP contribution >= 0.6 is 0 Å². The van der Waals surface area contributed by atoms with Crippen LogP contribution < -0.4 is 11.2 Å². The minimum absolute atomic E-state index is 0.394. The lowest BCUT2D eigenvalue weighted by molar-refractivity contribution is -0.0620. The molecule has 2 N–H and O–H groups in total. The number of benzene rings is 1. The van der Waals surface area contributed by atoms with Crippen molar-refractivity contribution in [1.82, 2.24) is 9.55 Å². The Kier molecular flexibility index (Phi) is 3.00. The SMILES string of the molecule is O=c1ccn([C@@H]2O[C@@H]3c4ccccc4CO[C@@H]3[C@H]2O)c(=O)[nH]1. The first-order valence-electron chi connectivity index (χ1n) is 6.99. The maximum absolute atomic E-state index is 11.9. The lowest BCUT2D eigenvalue weighted by atomic mass is 9.95. The lowest BCUT2D eigenvalue weighted by Gasteiger charge is -2.28. The topological polar surface area (TPSA) is 93.5 Å². The Bertz CT molecular complexity index is 827. The van der Waals surface area contributed by atoms with Crippen molar-refractivity contribution in [3.8, 4) is 0 Å². The molecule has 1 fully saturated rings. The fraction of sp³-hybridized carbons (Fsp3) is 0.333. The van der Waals surface area contributed by atoms with Gasteiger partial charge >= 0.3 is 5.69 Å². The van der Waals surface area contributed by atoms with Crippen molar-refractivity contribution < 1.29 is 14.6 Å². The van der Waals surface area contributed by atoms with Crippen LogP contribution in [0.25, 0.3) is 0 Å². The highest BCUT2D eigenvalue weighted by Crippen LogP contribution is 2.44. The zero-order chi connectivity index (χ0) is 15.3. The van der Waals surface area contributed by atoms with Gasteiger partial charge in [-0.1, -0.05) is 24.3 Å². The lowest BCUT2D eigenvalue weighted by Crippen LogP contribution is -2.38. The summed E-state index contributed by atoms with van der Waals surface area (Å²) in [4.78, 5) is 25.2. The molecule has 114 valence electrons. The smallest absolute Gasteiger partial charge is 0.330 e. The van der Waals surface area contributed by atoms with Gasteiger partial charge in [-0.2, -0.15) is 0 Å². The molecule has 1 aromatic carbocycles. The van der Waals surface area contributed by atoms with E-state index in [1.54, 1.807) is 0 Å². The highest BCUT2D eigenvalue weighted by molar-refractivity contribution is 5.32. The van der Waals surface area contributed by atoms with E-state index >= 15 is 0 Å². The number of fused-ring (bicyclic) bond motifs is 3. The van der Waals surface area contributed by atoms with E-state index in [1.165, 1.54) is 16.8 Å². The largest absolute Gasteiger partial charge is 0.386 e. The zero-order valence-electron chi connectivity index (χ0n) is 11.5. The molecule has 0 unspecified atom stereocenters. The van der Waals surface area contributed by atoms with Gasteiger partial charge in [-0.05, 0) is 11.1 Å². The molecule has 2 aliphatic heterocycles. The van der Waals surface area contributed by atoms with Crippen molar-refractivity contribution >= 4 is 0 Å². The van der Waals surface area contributed by atoms with Gasteiger partial charge in [0.1, 0.15) is 18.3 Å². The average Bonchev–Trinajstić information content (AvgIpc) is 2.85. The number of hydrogen-bond donors (Lipinski definition) is 2. The third-order valence-electron chi connectivity index (χ3n) is 4.13. The Balaban J connectivity index is 1.74. The van der Waals surface area contributed by atoms with E-state index in [0.717, 1.165) is 11.1 Å². The highest BCUT2D eigenvalue weighted by atomic mass is 16.6. The molecule has 0 radical (unpaired) electrons. The van der Waals surface area contributed by atoms with Gasteiger partial charge in [-0.15, -0.1) is 0 Å². The number of aliphatic hydroxyl groups is 1. The summed E-state index contributed by atoms with van der Waals surface area (Å²) < 4.78 is 12.7. The first kappa shape index (κ1) is 13.4. The van der Waals surface area contributed by atoms with Crippen molar-refractivity contribution in [2.24, 2.45) is 0 Å². The van der Waals surface area contributed by atoms with E-state index in [2.05, 4.69) is 4.98 Å². The summed E-state index contributed by atoms with van der Waals surface area (Å²) in [7, 11) is 0. The number of nitrogens with zero attached hydrogens (tertiary/aromatic N) is 1. The molecular weight excluding hydrogens is 288 g/mol. The predicted molar refractivity (Wildman–Crippen MR) is 75.2 cm³/mol. The molecule has 22 heavy (non-hydrogen) atoms. The molecule has 7 heteroatoms. The van der Waals surface area contributed by atoms with E-state index in [9.17, 15) is 14.7 Å². The van der Waals surface area contributed by atoms with E-state index in [-0.39, 0.29) is 0 Å². The number of H-pyrrole nitrogens is 1. The van der Waals surface area contributed by atoms with Crippen LogP contribution in [0.3, 0.4) is 0 Å². The second-order valence-electron chi connectivity index (χ2n) is 5.43. The summed E-state index contributed by atoms with van der Waals surface area (Å²) in [5.41, 5.74) is 0.847. The van der Waals surface area contributed by atoms with Gasteiger partial charge in [0.2, 0.25) is 0 Å². The van der Waals surface area contributed by atoms with Crippen LogP contribution in [0.1, 0.15) is 23.5 Å². The summed E-state index contributed by atoms with van der Waals surface area (Å²) in [6.07, 6.45) is -1.56. The van der Waals surface area contributed by atoms with Crippen LogP contribution in [0, 0.1) is 0 Å². The molecule has 0 saturated carbocycles. The number of hydrogen-bond acceptors (Lipinski definition) is 5. The Morgan fingerprint density at radius 1 is 1.23 bits per heavy atom. The van der Waals surface area contributed by atoms with Crippen LogP contribution in [0.2, 0.25) is 0 Å². The summed E-state index contributed by atoms with van der Waals surface area (Å²) in [5.74, 6) is 0. The standard InChI is InChI=1S/C15H14N2O5/c18-10-5-6-17(15(20)16-10)14-11(19)13-12(22-14)9-4-2-1-3-8(9)7-21-13/h1-6,11-14,19H,7H2,(H,16,18,20)/t11-,12-,13-,14-/m1/s1. The molecule has 4 atom stereocenters. The maximum atomic E-state index is 11.9. The Labute approximate surface area is 124 Å². The van der Waals surface area contributed by atoms with Crippen molar-refractivity contribution in [1.29, 1.82) is 0 Å². The predicted octanol–water partition coefficient (Wildman–Crippen LogP) is 0.0664. The molecule has 0 spiro atoms. The first-order valence-corrected chi connectivity index (χ1v) is 6.99. The summed E-state index contributed by atoms with van der Waals surface area (Å²) in [5, 5.41) is 10.5. The van der Waals surface area contributed by atoms with Crippen molar-refractivity contribution in [3.05, 3.63) is 68.5 Å². The fourth-order valence-corrected chi connectivity index (χ4v) is 3.07. The van der Waals surface area contributed by atoms with Crippen molar-refractivity contribution in [3.63, 3.8) is 0 Å². The molecule has 2 aromatic rings. The molecule has 0 amide bonds. The van der Waals surface area contributed by atoms with Crippen LogP contribution in [-0.2, 0) is 16.1 Å². The Morgan fingerprint density at radius 2 is 2.05 bits per heavy atom. The molecule has 1 saturated heterocycles. The molecule has 0 aliphatic carbocycles. The third kappa shape index (κ3) is 1.94. The number of aliphatic hydroxyl groups excluding tert-OH is 1. The van der Waals surface area contributed by atoms with Gasteiger partial charge in [-0.25, -0.2) is 4.79 Å². The summed E-state index contributed by atoms with van der Waals surface area (Å²) in [6.45, 7) is 0.394. The number of ether oxygens (including phenoxy) is 2. The Morgan fingerprint density at radius 3 is 2.86 bits per heavy atom. The highest BCUT2D eigenvalue weighted by Gasteiger charge is 2.48. The van der Waals surface area contributed by atoms with E-state index in [0.29, 0.717) is 6.61 Å². The fourth-order valence-electron chi connectivity index (χ4n) is 3.07. The number of aromatic amines is 1. The second kappa shape index (κ2) is 4.91. The van der Waals surface area contributed by atoms with Crippen LogP contribution in [0.4, 0.5) is 0 Å². The minimum Gasteiger partial charge on any atom is -0.386 e. The zero-order valence-corrected chi connectivity index (χ0v) is 11.5. The van der Waals surface area contributed by atoms with Gasteiger partial charge in [0.15, 0.2) is 6.23 Å². The number of nitrogens with one attached hydrogen (secondary N) is 1. The van der Waals surface area contributed by atoms with Crippen LogP contribution in [-0.4, -0.2) is 26.9 Å². The molecular formula is C15H14N2O5. The monoisotopic (exact) mass is 302 g/mol. The number of rotatable bonds is 1. The van der Waals surface area contributed by atoms with Gasteiger partial charge in [0.05, 0.1) is 6.61 Å². The van der Waals surface area contributed by atoms with Crippen LogP contribution in [0.5, 0.6) is 0 Å². The minimum atomic E-state index is -0.998. The second-order valence-corrected chi connectivity index (χ2v) is 5.43. The van der Waals surface area contributed by atoms with Gasteiger partial charge in [0, 0.05) is 12.3 Å². The maximum Gasteiger partial charge on any atom is 0.330 e. The van der Waals surface area contributed by atoms with Crippen molar-refractivity contribution in [2.75, 3.05) is 0 Å². The molecule has 0 bridgehead atoms. The molecule has 1 aromatic heterocycles. The summed E-state index contributed by atoms with van der Waals surface area (Å²) in [6, 6.07) is 8.91. The quantitative estimate of drug-likeness (QED) is 0.777. The van der Waals surface area contributed by atoms with E-state index in [4.69, 9.17) is 9.47 Å². The van der Waals surface area contributed by atoms with E-state index < -0.39 is 35.8 Å². The summed E-state index contributed by atoms with van der Waals surface area (Å²) >= 11 is 0.